The summed E-state index contributed by atoms with van der Waals surface area (Å²) in [6.07, 6.45) is 13.7. The van der Waals surface area contributed by atoms with E-state index in [2.05, 4.69) is 13.8 Å². The van der Waals surface area contributed by atoms with E-state index in [0.29, 0.717) is 23.4 Å². The van der Waals surface area contributed by atoms with Crippen LogP contribution in [0.25, 0.3) is 0 Å². The molecule has 1 N–H and O–H groups in total. The van der Waals surface area contributed by atoms with Crippen LogP contribution in [0.4, 0.5) is 0 Å². The summed E-state index contributed by atoms with van der Waals surface area (Å²) in [6.45, 7) is 4.95. The first-order valence-corrected chi connectivity index (χ1v) is 11.4. The van der Waals surface area contributed by atoms with Crippen molar-refractivity contribution in [3.05, 3.63) is 0 Å². The van der Waals surface area contributed by atoms with E-state index in [1.165, 1.54) is 57.8 Å². The fourth-order valence-electron chi connectivity index (χ4n) is 3.51. The number of carbonyl (C=O) groups is 2. The van der Waals surface area contributed by atoms with Gasteiger partial charge in [-0.15, -0.1) is 0 Å². The largest absolute Gasteiger partial charge is 0.481 e. The lowest BCUT2D eigenvalue weighted by Gasteiger charge is -2.28. The minimum Gasteiger partial charge on any atom is -0.481 e. The van der Waals surface area contributed by atoms with Crippen LogP contribution in [0.3, 0.4) is 0 Å². The third kappa shape index (κ3) is 18.3. The molecule has 0 aliphatic heterocycles. The van der Waals surface area contributed by atoms with Crippen LogP contribution in [0.5, 0.6) is 0 Å². The second kappa shape index (κ2) is 15.8. The monoisotopic (exact) mass is 400 g/mol. The minimum absolute atomic E-state index is 0.130. The molecule has 0 spiro atoms. The molecule has 0 heterocycles. The van der Waals surface area contributed by atoms with Crippen LogP contribution in [0.15, 0.2) is 0 Å². The smallest absolute Gasteiger partial charge is 0.307 e. The predicted octanol–water partition coefficient (Wildman–Crippen LogP) is 5.42. The van der Waals surface area contributed by atoms with Crippen LogP contribution < -0.4 is 0 Å². The van der Waals surface area contributed by atoms with E-state index < -0.39 is 12.1 Å². The molecule has 0 aliphatic rings. The molecule has 0 saturated carbocycles. The maximum atomic E-state index is 12.1. The van der Waals surface area contributed by atoms with E-state index in [-0.39, 0.29) is 12.4 Å². The Bertz CT molecular complexity index is 417. The molecule has 28 heavy (non-hydrogen) atoms. The first kappa shape index (κ1) is 26.9. The quantitative estimate of drug-likeness (QED) is 0.190. The van der Waals surface area contributed by atoms with Gasteiger partial charge in [-0.2, -0.15) is 0 Å². The van der Waals surface area contributed by atoms with Crippen molar-refractivity contribution in [1.82, 2.24) is 0 Å². The molecular formula is C23H46NO4+. The van der Waals surface area contributed by atoms with Crippen molar-refractivity contribution in [2.75, 3.05) is 27.7 Å². The average molecular weight is 401 g/mol. The van der Waals surface area contributed by atoms with Crippen molar-refractivity contribution in [3.63, 3.8) is 0 Å². The third-order valence-corrected chi connectivity index (χ3v) is 5.09. The molecular weight excluding hydrogens is 354 g/mol. The molecule has 0 aromatic rings. The molecule has 0 amide bonds. The van der Waals surface area contributed by atoms with Gasteiger partial charge in [-0.3, -0.25) is 9.59 Å². The SMILES string of the molecule is CCCCCCCCCCCC(C)CCC(=O)OC(CC(=O)O)C[N+](C)(C)C. The number of nitrogens with zero attached hydrogens (tertiary/aromatic N) is 1. The maximum absolute atomic E-state index is 12.1. The fraction of sp³-hybridized carbons (Fsp3) is 0.913. The number of aliphatic carboxylic acids is 1. The van der Waals surface area contributed by atoms with Gasteiger partial charge in [-0.05, 0) is 12.3 Å². The Kier molecular flexibility index (Phi) is 15.2. The second-order valence-electron chi connectivity index (χ2n) is 9.44. The van der Waals surface area contributed by atoms with E-state index in [4.69, 9.17) is 9.84 Å². The molecule has 166 valence electrons. The number of rotatable bonds is 18. The molecule has 0 saturated heterocycles. The molecule has 0 bridgehead atoms. The Morgan fingerprint density at radius 1 is 0.893 bits per heavy atom. The average Bonchev–Trinajstić information content (AvgIpc) is 2.56. The number of carbonyl (C=O) groups excluding carboxylic acids is 1. The van der Waals surface area contributed by atoms with Gasteiger partial charge in [0.2, 0.25) is 0 Å². The van der Waals surface area contributed by atoms with E-state index in [1.54, 1.807) is 0 Å². The van der Waals surface area contributed by atoms with Gasteiger partial charge in [0.25, 0.3) is 0 Å². The summed E-state index contributed by atoms with van der Waals surface area (Å²) in [4.78, 5) is 23.1. The van der Waals surface area contributed by atoms with Crippen molar-refractivity contribution in [1.29, 1.82) is 0 Å². The molecule has 5 heteroatoms. The number of unbranched alkanes of at least 4 members (excludes halogenated alkanes) is 8. The highest BCUT2D eigenvalue weighted by molar-refractivity contribution is 5.71. The first-order valence-electron chi connectivity index (χ1n) is 11.4. The number of carboxylic acids is 1. The van der Waals surface area contributed by atoms with Crippen LogP contribution >= 0.6 is 0 Å². The zero-order valence-corrected chi connectivity index (χ0v) is 19.2. The van der Waals surface area contributed by atoms with Crippen LogP contribution in [0.2, 0.25) is 0 Å². The number of hydrogen-bond acceptors (Lipinski definition) is 3. The Hall–Kier alpha value is -1.10. The second-order valence-corrected chi connectivity index (χ2v) is 9.44. The highest BCUT2D eigenvalue weighted by Gasteiger charge is 2.24. The summed E-state index contributed by atoms with van der Waals surface area (Å²) in [6, 6.07) is 0. The third-order valence-electron chi connectivity index (χ3n) is 5.09. The van der Waals surface area contributed by atoms with Gasteiger partial charge in [0.05, 0.1) is 27.6 Å². The highest BCUT2D eigenvalue weighted by atomic mass is 16.5. The zero-order chi connectivity index (χ0) is 21.4. The number of carboxylic acid groups (broad SMARTS) is 1. The van der Waals surface area contributed by atoms with Gasteiger partial charge in [0.1, 0.15) is 6.54 Å². The van der Waals surface area contributed by atoms with Crippen LogP contribution in [0, 0.1) is 5.92 Å². The minimum atomic E-state index is -0.926. The van der Waals surface area contributed by atoms with E-state index in [1.807, 2.05) is 21.1 Å². The molecule has 0 rings (SSSR count). The number of likely N-dealkylation sites (N-methyl/N-ethyl adjacent to an activating group) is 1. The molecule has 0 radical (unpaired) electrons. The Morgan fingerprint density at radius 3 is 1.93 bits per heavy atom. The Morgan fingerprint density at radius 2 is 1.43 bits per heavy atom. The lowest BCUT2D eigenvalue weighted by Crippen LogP contribution is -2.43. The van der Waals surface area contributed by atoms with Crippen molar-refractivity contribution >= 4 is 11.9 Å². The predicted molar refractivity (Wildman–Crippen MR) is 115 cm³/mol. The summed E-state index contributed by atoms with van der Waals surface area (Å²) in [5, 5.41) is 9.03. The molecule has 0 fully saturated rings. The zero-order valence-electron chi connectivity index (χ0n) is 19.2. The molecule has 0 aromatic heterocycles. The molecule has 5 nitrogen and oxygen atoms in total. The normalized spacial score (nSPS) is 13.9. The lowest BCUT2D eigenvalue weighted by molar-refractivity contribution is -0.873. The van der Waals surface area contributed by atoms with Crippen LogP contribution in [-0.2, 0) is 14.3 Å². The summed E-state index contributed by atoms with van der Waals surface area (Å²) >= 11 is 0. The maximum Gasteiger partial charge on any atom is 0.307 e. The summed E-state index contributed by atoms with van der Waals surface area (Å²) in [5.41, 5.74) is 0. The van der Waals surface area contributed by atoms with Crippen molar-refractivity contribution in [2.45, 2.75) is 103 Å². The summed E-state index contributed by atoms with van der Waals surface area (Å²) < 4.78 is 6.02. The molecule has 2 unspecified atom stereocenters. The van der Waals surface area contributed by atoms with Crippen LogP contribution in [-0.4, -0.2) is 55.3 Å². The molecule has 2 atom stereocenters. The van der Waals surface area contributed by atoms with Crippen molar-refractivity contribution in [2.24, 2.45) is 5.92 Å². The van der Waals surface area contributed by atoms with Crippen LogP contribution in [0.1, 0.15) is 97.3 Å². The Balaban J connectivity index is 3.86. The molecule has 0 aliphatic carbocycles. The van der Waals surface area contributed by atoms with Gasteiger partial charge < -0.3 is 14.3 Å². The topological polar surface area (TPSA) is 63.6 Å². The highest BCUT2D eigenvalue weighted by Crippen LogP contribution is 2.18. The number of ether oxygens (including phenoxy) is 1. The van der Waals surface area contributed by atoms with Gasteiger partial charge >= 0.3 is 11.9 Å². The number of hydrogen-bond donors (Lipinski definition) is 1. The van der Waals surface area contributed by atoms with E-state index in [0.717, 1.165) is 12.8 Å². The van der Waals surface area contributed by atoms with Crippen molar-refractivity contribution < 1.29 is 23.9 Å². The standard InChI is InChI=1S/C23H45NO4/c1-6-7-8-9-10-11-12-13-14-15-20(2)16-17-23(27)28-21(18-22(25)26)19-24(3,4)5/h20-21H,6-19H2,1-5H3/p+1. The summed E-state index contributed by atoms with van der Waals surface area (Å²) in [7, 11) is 5.90. The fourth-order valence-corrected chi connectivity index (χ4v) is 3.51. The summed E-state index contributed by atoms with van der Waals surface area (Å²) in [5.74, 6) is -0.683. The van der Waals surface area contributed by atoms with Gasteiger partial charge in [0, 0.05) is 6.42 Å². The first-order chi connectivity index (χ1) is 13.1. The van der Waals surface area contributed by atoms with Gasteiger partial charge in [0.15, 0.2) is 6.10 Å². The number of quaternary nitrogens is 1. The van der Waals surface area contributed by atoms with Gasteiger partial charge in [-0.25, -0.2) is 0 Å². The molecule has 0 aromatic carbocycles. The van der Waals surface area contributed by atoms with Gasteiger partial charge in [-0.1, -0.05) is 78.1 Å². The van der Waals surface area contributed by atoms with E-state index >= 15 is 0 Å². The van der Waals surface area contributed by atoms with E-state index in [9.17, 15) is 9.59 Å². The van der Waals surface area contributed by atoms with Crippen molar-refractivity contribution in [3.8, 4) is 0 Å². The Labute approximate surface area is 173 Å². The number of esters is 1. The lowest BCUT2D eigenvalue weighted by atomic mass is 9.97.